The molecule has 1 fully saturated rings. The molecule has 0 unspecified atom stereocenters. The number of benzene rings is 1. The van der Waals surface area contributed by atoms with Gasteiger partial charge < -0.3 is 9.73 Å². The molecule has 23 heavy (non-hydrogen) atoms. The van der Waals surface area contributed by atoms with Gasteiger partial charge in [-0.15, -0.1) is 0 Å². The number of non-ortho nitro benzene ring substituents is 1. The molecule has 0 bridgehead atoms. The number of hydrogen-bond acceptors (Lipinski definition) is 5. The highest BCUT2D eigenvalue weighted by Gasteiger charge is 2.21. The molecule has 0 radical (unpaired) electrons. The lowest BCUT2D eigenvalue weighted by molar-refractivity contribution is -0.384. The number of nitrogens with zero attached hydrogens (tertiary/aromatic N) is 2. The highest BCUT2D eigenvalue weighted by atomic mass is 16.6. The fraction of sp³-hybridized carbons (Fsp3) is 0.467. The van der Waals surface area contributed by atoms with Crippen molar-refractivity contribution in [1.82, 2.24) is 9.88 Å². The number of carbonyl (C=O) groups excluding carboxylic acids is 1. The van der Waals surface area contributed by atoms with E-state index in [2.05, 4.69) is 5.32 Å². The Balaban J connectivity index is 1.62. The van der Waals surface area contributed by atoms with Gasteiger partial charge in [-0.3, -0.25) is 19.5 Å². The summed E-state index contributed by atoms with van der Waals surface area (Å²) in [5.74, 6) is 0.0439. The number of nitro groups is 1. The fourth-order valence-electron chi connectivity index (χ4n) is 2.45. The van der Waals surface area contributed by atoms with Crippen LogP contribution in [0.1, 0.15) is 25.7 Å². The van der Waals surface area contributed by atoms with Crippen molar-refractivity contribution in [3.63, 3.8) is 0 Å². The zero-order chi connectivity index (χ0) is 16.4. The molecule has 8 nitrogen and oxygen atoms in total. The molecular formula is C15H17N3O5. The van der Waals surface area contributed by atoms with Crippen LogP contribution in [-0.2, 0) is 11.3 Å². The Labute approximate surface area is 131 Å². The first-order chi connectivity index (χ1) is 11.0. The minimum Gasteiger partial charge on any atom is -0.407 e. The summed E-state index contributed by atoms with van der Waals surface area (Å²) in [5, 5.41) is 13.6. The second kappa shape index (κ2) is 6.23. The van der Waals surface area contributed by atoms with E-state index in [1.165, 1.54) is 35.6 Å². The summed E-state index contributed by atoms with van der Waals surface area (Å²) in [7, 11) is 0. The van der Waals surface area contributed by atoms with Crippen molar-refractivity contribution in [3.8, 4) is 0 Å². The summed E-state index contributed by atoms with van der Waals surface area (Å²) in [6.07, 6.45) is 3.20. The number of nitrogens with one attached hydrogen (secondary N) is 1. The number of hydrogen-bond donors (Lipinski definition) is 1. The zero-order valence-electron chi connectivity index (χ0n) is 12.5. The van der Waals surface area contributed by atoms with Crippen molar-refractivity contribution in [2.75, 3.05) is 6.54 Å². The van der Waals surface area contributed by atoms with Gasteiger partial charge >= 0.3 is 5.76 Å². The predicted molar refractivity (Wildman–Crippen MR) is 82.1 cm³/mol. The van der Waals surface area contributed by atoms with E-state index in [0.29, 0.717) is 30.8 Å². The molecule has 1 aliphatic rings. The molecule has 8 heteroatoms. The molecule has 1 amide bonds. The molecule has 2 aromatic rings. The molecule has 0 saturated heterocycles. The van der Waals surface area contributed by atoms with E-state index in [0.717, 1.165) is 6.54 Å². The van der Waals surface area contributed by atoms with Crippen LogP contribution in [0.4, 0.5) is 5.69 Å². The number of fused-ring (bicyclic) bond motifs is 1. The number of aromatic nitrogens is 1. The third-order valence-electron chi connectivity index (χ3n) is 3.93. The normalized spacial score (nSPS) is 14.1. The average Bonchev–Trinajstić information content (AvgIpc) is 3.29. The highest BCUT2D eigenvalue weighted by molar-refractivity contribution is 5.76. The first-order valence-electron chi connectivity index (χ1n) is 7.59. The van der Waals surface area contributed by atoms with Crippen LogP contribution in [0.2, 0.25) is 0 Å². The Morgan fingerprint density at radius 1 is 1.43 bits per heavy atom. The van der Waals surface area contributed by atoms with Gasteiger partial charge in [0.05, 0.1) is 16.5 Å². The van der Waals surface area contributed by atoms with Gasteiger partial charge in [0, 0.05) is 25.6 Å². The summed E-state index contributed by atoms with van der Waals surface area (Å²) < 4.78 is 6.43. The van der Waals surface area contributed by atoms with Crippen LogP contribution in [-0.4, -0.2) is 21.9 Å². The van der Waals surface area contributed by atoms with Gasteiger partial charge in [-0.2, -0.15) is 0 Å². The maximum absolute atomic E-state index is 11.8. The van der Waals surface area contributed by atoms with Crippen LogP contribution in [0.25, 0.3) is 11.1 Å². The zero-order valence-corrected chi connectivity index (χ0v) is 12.5. The number of oxazole rings is 1. The Morgan fingerprint density at radius 2 is 2.22 bits per heavy atom. The smallest absolute Gasteiger partial charge is 0.407 e. The van der Waals surface area contributed by atoms with E-state index < -0.39 is 10.7 Å². The second-order valence-corrected chi connectivity index (χ2v) is 5.78. The Morgan fingerprint density at radius 3 is 2.91 bits per heavy atom. The van der Waals surface area contributed by atoms with E-state index in [9.17, 15) is 19.7 Å². The third kappa shape index (κ3) is 3.58. The average molecular weight is 319 g/mol. The first kappa shape index (κ1) is 15.3. The van der Waals surface area contributed by atoms with Gasteiger partial charge in [0.1, 0.15) is 0 Å². The number of rotatable bonds is 7. The molecule has 1 heterocycles. The number of carbonyl (C=O) groups is 1. The third-order valence-corrected chi connectivity index (χ3v) is 3.93. The monoisotopic (exact) mass is 319 g/mol. The van der Waals surface area contributed by atoms with E-state index in [4.69, 9.17) is 4.42 Å². The van der Waals surface area contributed by atoms with Gasteiger partial charge in [-0.05, 0) is 31.2 Å². The van der Waals surface area contributed by atoms with Crippen LogP contribution in [0.3, 0.4) is 0 Å². The van der Waals surface area contributed by atoms with Crippen LogP contribution in [0.15, 0.2) is 27.4 Å². The van der Waals surface area contributed by atoms with Gasteiger partial charge in [0.25, 0.3) is 5.69 Å². The Hall–Kier alpha value is -2.64. The lowest BCUT2D eigenvalue weighted by Crippen LogP contribution is -2.25. The summed E-state index contributed by atoms with van der Waals surface area (Å²) in [4.78, 5) is 33.7. The Bertz CT molecular complexity index is 803. The van der Waals surface area contributed by atoms with E-state index in [1.54, 1.807) is 0 Å². The minimum atomic E-state index is -0.570. The second-order valence-electron chi connectivity index (χ2n) is 5.78. The van der Waals surface area contributed by atoms with Crippen molar-refractivity contribution < 1.29 is 14.1 Å². The topological polar surface area (TPSA) is 107 Å². The van der Waals surface area contributed by atoms with Crippen molar-refractivity contribution in [2.24, 2.45) is 5.92 Å². The molecular weight excluding hydrogens is 302 g/mol. The predicted octanol–water partition coefficient (Wildman–Crippen LogP) is 1.81. The lowest BCUT2D eigenvalue weighted by Gasteiger charge is -2.04. The molecule has 0 spiro atoms. The summed E-state index contributed by atoms with van der Waals surface area (Å²) in [6.45, 7) is 1.07. The van der Waals surface area contributed by atoms with Crippen molar-refractivity contribution in [3.05, 3.63) is 38.9 Å². The molecule has 0 aliphatic heterocycles. The molecule has 1 N–H and O–H groups in total. The van der Waals surface area contributed by atoms with Crippen molar-refractivity contribution in [2.45, 2.75) is 32.2 Å². The van der Waals surface area contributed by atoms with Gasteiger partial charge in [-0.25, -0.2) is 4.79 Å². The number of amides is 1. The maximum Gasteiger partial charge on any atom is 0.419 e. The molecule has 1 saturated carbocycles. The van der Waals surface area contributed by atoms with Crippen LogP contribution >= 0.6 is 0 Å². The largest absolute Gasteiger partial charge is 0.419 e. The van der Waals surface area contributed by atoms with Crippen LogP contribution in [0, 0.1) is 16.0 Å². The van der Waals surface area contributed by atoms with Crippen molar-refractivity contribution in [1.29, 1.82) is 0 Å². The minimum absolute atomic E-state index is 0.0200. The summed E-state index contributed by atoms with van der Waals surface area (Å²) >= 11 is 0. The van der Waals surface area contributed by atoms with Gasteiger partial charge in [0.2, 0.25) is 5.91 Å². The maximum atomic E-state index is 11.8. The molecule has 1 aliphatic carbocycles. The molecule has 1 aromatic carbocycles. The summed E-state index contributed by atoms with van der Waals surface area (Å²) in [5.41, 5.74) is 0.555. The highest BCUT2D eigenvalue weighted by Crippen LogP contribution is 2.27. The molecule has 0 atom stereocenters. The van der Waals surface area contributed by atoms with Crippen LogP contribution < -0.4 is 11.1 Å². The standard InChI is InChI=1S/C15H17N3O5/c19-14(16-9-10-3-4-10)2-1-7-17-12-6-5-11(18(21)22)8-13(12)23-15(17)20/h5-6,8,10H,1-4,7,9H2,(H,16,19). The van der Waals surface area contributed by atoms with Gasteiger partial charge in [-0.1, -0.05) is 0 Å². The van der Waals surface area contributed by atoms with Crippen molar-refractivity contribution >= 4 is 22.7 Å². The fourth-order valence-corrected chi connectivity index (χ4v) is 2.45. The quantitative estimate of drug-likeness (QED) is 0.618. The van der Waals surface area contributed by atoms with E-state index >= 15 is 0 Å². The Kier molecular flexibility index (Phi) is 4.14. The number of aryl methyl sites for hydroxylation is 1. The summed E-state index contributed by atoms with van der Waals surface area (Å²) in [6, 6.07) is 4.05. The van der Waals surface area contributed by atoms with Crippen LogP contribution in [0.5, 0.6) is 0 Å². The number of nitro benzene ring substituents is 1. The molecule has 3 rings (SSSR count). The molecule has 1 aromatic heterocycles. The lowest BCUT2D eigenvalue weighted by atomic mass is 10.2. The first-order valence-corrected chi connectivity index (χ1v) is 7.59. The van der Waals surface area contributed by atoms with E-state index in [1.807, 2.05) is 0 Å². The SMILES string of the molecule is O=C(CCCn1c(=O)oc2cc([N+](=O)[O-])ccc21)NCC1CC1. The van der Waals surface area contributed by atoms with E-state index in [-0.39, 0.29) is 17.2 Å². The van der Waals surface area contributed by atoms with Gasteiger partial charge in [0.15, 0.2) is 5.58 Å². The molecule has 122 valence electrons.